The number of nitrogens with two attached hydrogens (primary N) is 1. The van der Waals surface area contributed by atoms with Gasteiger partial charge in [0, 0.05) is 19.4 Å². The molecule has 0 amide bonds. The van der Waals surface area contributed by atoms with E-state index < -0.39 is 32.5 Å². The lowest BCUT2D eigenvalue weighted by atomic mass is 10.1. The molecular weight excluding hydrogens is 705 g/mol. The highest BCUT2D eigenvalue weighted by molar-refractivity contribution is 7.47. The second-order valence-corrected chi connectivity index (χ2v) is 14.4. The van der Waals surface area contributed by atoms with Crippen molar-refractivity contribution < 1.29 is 42.7 Å². The van der Waals surface area contributed by atoms with Gasteiger partial charge in [0.2, 0.25) is 0 Å². The van der Waals surface area contributed by atoms with Gasteiger partial charge in [-0.1, -0.05) is 118 Å². The molecule has 0 saturated carbocycles. The summed E-state index contributed by atoms with van der Waals surface area (Å²) in [6, 6.07) is 0. The first kappa shape index (κ1) is 51.1. The van der Waals surface area contributed by atoms with Gasteiger partial charge in [0.15, 0.2) is 6.10 Å². The Morgan fingerprint density at radius 3 is 1.67 bits per heavy atom. The van der Waals surface area contributed by atoms with Crippen LogP contribution < -0.4 is 5.73 Å². The van der Waals surface area contributed by atoms with Crippen LogP contribution in [0, 0.1) is 0 Å². The van der Waals surface area contributed by atoms with Crippen molar-refractivity contribution in [3.05, 3.63) is 85.1 Å². The van der Waals surface area contributed by atoms with Crippen LogP contribution in [0.1, 0.15) is 136 Å². The fraction of sp³-hybridized carbons (Fsp3) is 0.628. The monoisotopic (exact) mass is 777 g/mol. The Morgan fingerprint density at radius 1 is 0.630 bits per heavy atom. The van der Waals surface area contributed by atoms with Gasteiger partial charge in [0.1, 0.15) is 6.61 Å². The van der Waals surface area contributed by atoms with Crippen LogP contribution in [0.15, 0.2) is 85.1 Å². The lowest BCUT2D eigenvalue weighted by molar-refractivity contribution is -0.161. The fourth-order valence-corrected chi connectivity index (χ4v) is 5.59. The second-order valence-electron chi connectivity index (χ2n) is 13.0. The number of phosphoric ester groups is 1. The van der Waals surface area contributed by atoms with Crippen molar-refractivity contribution in [2.75, 3.05) is 26.4 Å². The molecule has 10 nitrogen and oxygen atoms in total. The number of rotatable bonds is 36. The Hall–Kier alpha value is -2.85. The van der Waals surface area contributed by atoms with E-state index in [0.717, 1.165) is 64.2 Å². The van der Waals surface area contributed by atoms with Crippen molar-refractivity contribution in [3.8, 4) is 0 Å². The quantitative estimate of drug-likeness (QED) is 0.0242. The van der Waals surface area contributed by atoms with Crippen LogP contribution >= 0.6 is 7.82 Å². The molecule has 0 saturated heterocycles. The predicted molar refractivity (Wildman–Crippen MR) is 221 cm³/mol. The molecule has 0 aromatic rings. The highest BCUT2D eigenvalue weighted by Gasteiger charge is 2.25. The summed E-state index contributed by atoms with van der Waals surface area (Å²) in [5, 5.41) is 9.72. The molecule has 3 atom stereocenters. The summed E-state index contributed by atoms with van der Waals surface area (Å²) in [5.41, 5.74) is 5.33. The number of carbonyl (C=O) groups is 2. The molecule has 0 aromatic carbocycles. The summed E-state index contributed by atoms with van der Waals surface area (Å²) in [7, 11) is -4.41. The maximum Gasteiger partial charge on any atom is 0.472 e. The molecule has 0 aromatic heterocycles. The molecule has 0 rings (SSSR count). The summed E-state index contributed by atoms with van der Waals surface area (Å²) < 4.78 is 32.6. The van der Waals surface area contributed by atoms with Gasteiger partial charge in [-0.2, -0.15) is 0 Å². The molecule has 0 aliphatic heterocycles. The van der Waals surface area contributed by atoms with E-state index in [2.05, 4.69) is 80.7 Å². The summed E-state index contributed by atoms with van der Waals surface area (Å²) in [6.07, 6.45) is 44.0. The number of unbranched alkanes of at least 4 members (excludes halogenated alkanes) is 6. The Labute approximate surface area is 326 Å². The largest absolute Gasteiger partial charge is 0.472 e. The Kier molecular flexibility index (Phi) is 36.4. The van der Waals surface area contributed by atoms with Crippen LogP contribution in [0.3, 0.4) is 0 Å². The minimum atomic E-state index is -4.41. The number of hydrogen-bond donors (Lipinski definition) is 3. The summed E-state index contributed by atoms with van der Waals surface area (Å²) in [5.74, 6) is -0.970. The molecule has 54 heavy (non-hydrogen) atoms. The summed E-state index contributed by atoms with van der Waals surface area (Å²) in [4.78, 5) is 34.7. The van der Waals surface area contributed by atoms with Gasteiger partial charge in [-0.3, -0.25) is 18.6 Å². The van der Waals surface area contributed by atoms with E-state index in [-0.39, 0.29) is 38.7 Å². The van der Waals surface area contributed by atoms with Crippen LogP contribution in [0.2, 0.25) is 0 Å². The third-order valence-electron chi connectivity index (χ3n) is 7.81. The Morgan fingerprint density at radius 2 is 1.13 bits per heavy atom. The average molecular weight is 778 g/mol. The van der Waals surface area contributed by atoms with Crippen LogP contribution in [0.4, 0.5) is 0 Å². The number of phosphoric acid groups is 1. The lowest BCUT2D eigenvalue weighted by Crippen LogP contribution is -2.29. The minimum absolute atomic E-state index is 0.0287. The SMILES string of the molecule is CCCCC/C=C\C/C=C\C/C=C\CCCCC(=O)OC[C@H](COP(=O)(O)OCCN)OC(=O)CCC/C=C\C/C=C\C/C=C\C/C=C\CC(O)CCC. The predicted octanol–water partition coefficient (Wildman–Crippen LogP) is 10.2. The van der Waals surface area contributed by atoms with Crippen molar-refractivity contribution in [2.45, 2.75) is 148 Å². The van der Waals surface area contributed by atoms with E-state index in [1.165, 1.54) is 19.3 Å². The number of aliphatic hydroxyl groups is 1. The van der Waals surface area contributed by atoms with Crippen LogP contribution in [-0.4, -0.2) is 60.5 Å². The Balaban J connectivity index is 4.41. The standard InChI is InChI=1S/C43H72NO9P/c1-3-5-6-7-8-9-10-11-12-15-18-21-24-27-30-34-42(46)50-38-41(39-52-54(48,49)51-37-36-44)53-43(47)35-31-28-25-22-19-16-13-14-17-20-23-26-29-33-40(45)32-4-2/h8-9,11-13,16-18,20-22,25-26,29,40-41,45H,3-7,10,14-15,19,23-24,27-28,30-39,44H2,1-2H3,(H,48,49)/b9-8-,12-11-,16-13-,20-17-,21-18-,25-22-,29-26-/t40?,41-/m1/s1. The van der Waals surface area contributed by atoms with Gasteiger partial charge in [0.25, 0.3) is 0 Å². The molecule has 0 aliphatic carbocycles. The van der Waals surface area contributed by atoms with Crippen molar-refractivity contribution >= 4 is 19.8 Å². The molecule has 0 heterocycles. The zero-order valence-electron chi connectivity index (χ0n) is 33.3. The molecule has 0 bridgehead atoms. The van der Waals surface area contributed by atoms with Crippen LogP contribution in [-0.2, 0) is 32.7 Å². The van der Waals surface area contributed by atoms with E-state index in [4.69, 9.17) is 24.3 Å². The normalized spacial score (nSPS) is 14.8. The first-order valence-electron chi connectivity index (χ1n) is 20.1. The Bertz CT molecular complexity index is 1180. The number of carbonyl (C=O) groups excluding carboxylic acids is 2. The fourth-order valence-electron chi connectivity index (χ4n) is 4.82. The maximum absolute atomic E-state index is 12.5. The van der Waals surface area contributed by atoms with E-state index in [0.29, 0.717) is 25.7 Å². The van der Waals surface area contributed by atoms with Crippen LogP contribution in [0.5, 0.6) is 0 Å². The zero-order chi connectivity index (χ0) is 39.8. The van der Waals surface area contributed by atoms with Crippen LogP contribution in [0.25, 0.3) is 0 Å². The number of allylic oxidation sites excluding steroid dienone is 13. The molecule has 0 spiro atoms. The third kappa shape index (κ3) is 37.5. The van der Waals surface area contributed by atoms with Crippen molar-refractivity contribution in [1.82, 2.24) is 0 Å². The van der Waals surface area contributed by atoms with Gasteiger partial charge in [-0.15, -0.1) is 0 Å². The molecule has 4 N–H and O–H groups in total. The number of ether oxygens (including phenoxy) is 2. The molecule has 0 fully saturated rings. The minimum Gasteiger partial charge on any atom is -0.462 e. The van der Waals surface area contributed by atoms with E-state index >= 15 is 0 Å². The number of aliphatic hydroxyl groups excluding tert-OH is 1. The van der Waals surface area contributed by atoms with Crippen molar-refractivity contribution in [3.63, 3.8) is 0 Å². The van der Waals surface area contributed by atoms with Gasteiger partial charge in [-0.05, 0) is 89.9 Å². The maximum atomic E-state index is 12.5. The number of esters is 2. The molecule has 0 radical (unpaired) electrons. The zero-order valence-corrected chi connectivity index (χ0v) is 34.2. The first-order chi connectivity index (χ1) is 26.2. The van der Waals surface area contributed by atoms with Gasteiger partial charge in [0.05, 0.1) is 19.3 Å². The van der Waals surface area contributed by atoms with Gasteiger partial charge in [-0.25, -0.2) is 4.57 Å². The van der Waals surface area contributed by atoms with E-state index in [1.807, 2.05) is 18.2 Å². The number of hydrogen-bond acceptors (Lipinski definition) is 9. The molecular formula is C43H72NO9P. The van der Waals surface area contributed by atoms with Gasteiger partial charge >= 0.3 is 19.8 Å². The molecule has 2 unspecified atom stereocenters. The highest BCUT2D eigenvalue weighted by atomic mass is 31.2. The summed E-state index contributed by atoms with van der Waals surface area (Å²) in [6.45, 7) is 3.35. The molecule has 0 aliphatic rings. The third-order valence-corrected chi connectivity index (χ3v) is 8.79. The second kappa shape index (κ2) is 38.4. The first-order valence-corrected chi connectivity index (χ1v) is 21.6. The van der Waals surface area contributed by atoms with E-state index in [9.17, 15) is 24.2 Å². The van der Waals surface area contributed by atoms with E-state index in [1.54, 1.807) is 0 Å². The topological polar surface area (TPSA) is 155 Å². The molecule has 11 heteroatoms. The van der Waals surface area contributed by atoms with Crippen molar-refractivity contribution in [2.24, 2.45) is 5.73 Å². The average Bonchev–Trinajstić information content (AvgIpc) is 3.15. The smallest absolute Gasteiger partial charge is 0.462 e. The van der Waals surface area contributed by atoms with Gasteiger partial charge < -0.3 is 25.2 Å². The lowest BCUT2D eigenvalue weighted by Gasteiger charge is -2.19. The van der Waals surface area contributed by atoms with Crippen molar-refractivity contribution in [1.29, 1.82) is 0 Å². The highest BCUT2D eigenvalue weighted by Crippen LogP contribution is 2.43. The molecule has 308 valence electrons. The summed E-state index contributed by atoms with van der Waals surface area (Å²) >= 11 is 0.